The maximum absolute atomic E-state index is 9.54. The van der Waals surface area contributed by atoms with E-state index in [1.165, 1.54) is 38.5 Å². The minimum Gasteiger partial charge on any atom is -0.391 e. The fourth-order valence-electron chi connectivity index (χ4n) is 2.23. The highest BCUT2D eigenvalue weighted by Gasteiger charge is 2.18. The van der Waals surface area contributed by atoms with Crippen LogP contribution in [0.1, 0.15) is 38.5 Å². The van der Waals surface area contributed by atoms with E-state index in [4.69, 9.17) is 0 Å². The molecule has 1 fully saturated rings. The van der Waals surface area contributed by atoms with Gasteiger partial charge in [0.1, 0.15) is 0 Å². The van der Waals surface area contributed by atoms with E-state index >= 15 is 0 Å². The molecule has 1 saturated carbocycles. The standard InChI is InChI=1S/C11H22BrNO/c1-13(9-11(14)8-12)10-6-4-2-3-5-7-10/h10-11,14H,2-9H2,1H3. The van der Waals surface area contributed by atoms with Crippen molar-refractivity contribution in [3.05, 3.63) is 0 Å². The zero-order chi connectivity index (χ0) is 10.4. The Hall–Kier alpha value is 0.400. The van der Waals surface area contributed by atoms with Gasteiger partial charge in [-0.2, -0.15) is 0 Å². The number of aliphatic hydroxyl groups excluding tert-OH is 1. The Kier molecular flexibility index (Phi) is 6.06. The minimum absolute atomic E-state index is 0.219. The summed E-state index contributed by atoms with van der Waals surface area (Å²) < 4.78 is 0. The normalized spacial score (nSPS) is 22.3. The molecule has 0 amide bonds. The van der Waals surface area contributed by atoms with Crippen molar-refractivity contribution in [3.63, 3.8) is 0 Å². The van der Waals surface area contributed by atoms with Crippen LogP contribution in [0.5, 0.6) is 0 Å². The van der Waals surface area contributed by atoms with Crippen LogP contribution in [0, 0.1) is 0 Å². The van der Waals surface area contributed by atoms with Crippen molar-refractivity contribution in [2.24, 2.45) is 0 Å². The van der Waals surface area contributed by atoms with Gasteiger partial charge >= 0.3 is 0 Å². The molecule has 0 aromatic rings. The smallest absolute Gasteiger partial charge is 0.0763 e. The van der Waals surface area contributed by atoms with Gasteiger partial charge in [0.15, 0.2) is 0 Å². The predicted molar refractivity (Wildman–Crippen MR) is 63.9 cm³/mol. The molecule has 1 rings (SSSR count). The van der Waals surface area contributed by atoms with Gasteiger partial charge in [-0.1, -0.05) is 41.6 Å². The topological polar surface area (TPSA) is 23.5 Å². The van der Waals surface area contributed by atoms with E-state index in [0.717, 1.165) is 6.54 Å². The van der Waals surface area contributed by atoms with Crippen LogP contribution >= 0.6 is 15.9 Å². The van der Waals surface area contributed by atoms with Crippen LogP contribution in [-0.4, -0.2) is 41.1 Å². The molecule has 0 spiro atoms. The second kappa shape index (κ2) is 6.81. The van der Waals surface area contributed by atoms with E-state index < -0.39 is 0 Å². The van der Waals surface area contributed by atoms with E-state index in [2.05, 4.69) is 27.9 Å². The molecular weight excluding hydrogens is 242 g/mol. The summed E-state index contributed by atoms with van der Waals surface area (Å²) in [5.41, 5.74) is 0. The number of halogens is 1. The average molecular weight is 264 g/mol. The van der Waals surface area contributed by atoms with Crippen molar-refractivity contribution in [2.75, 3.05) is 18.9 Å². The van der Waals surface area contributed by atoms with Crippen LogP contribution in [0.4, 0.5) is 0 Å². The quantitative estimate of drug-likeness (QED) is 0.622. The first kappa shape index (κ1) is 12.5. The van der Waals surface area contributed by atoms with Gasteiger partial charge in [-0.3, -0.25) is 0 Å². The molecule has 1 aliphatic rings. The van der Waals surface area contributed by atoms with Crippen molar-refractivity contribution in [3.8, 4) is 0 Å². The number of hydrogen-bond donors (Lipinski definition) is 1. The molecule has 1 atom stereocenters. The predicted octanol–water partition coefficient (Wildman–Crippen LogP) is 2.40. The average Bonchev–Trinajstić information content (AvgIpc) is 2.45. The molecular formula is C11H22BrNO. The third-order valence-corrected chi connectivity index (χ3v) is 3.87. The fourth-order valence-corrected chi connectivity index (χ4v) is 2.43. The lowest BCUT2D eigenvalue weighted by Gasteiger charge is -2.28. The van der Waals surface area contributed by atoms with Gasteiger partial charge in [-0.05, 0) is 19.9 Å². The molecule has 1 unspecified atom stereocenters. The van der Waals surface area contributed by atoms with E-state index in [9.17, 15) is 5.11 Å². The SMILES string of the molecule is CN(CC(O)CBr)C1CCCCCC1. The third-order valence-electron chi connectivity index (χ3n) is 3.12. The van der Waals surface area contributed by atoms with Crippen LogP contribution in [-0.2, 0) is 0 Å². The number of alkyl halides is 1. The van der Waals surface area contributed by atoms with Crippen LogP contribution in [0.25, 0.3) is 0 Å². The highest BCUT2D eigenvalue weighted by atomic mass is 79.9. The van der Waals surface area contributed by atoms with Crippen molar-refractivity contribution in [1.82, 2.24) is 4.90 Å². The minimum atomic E-state index is -0.219. The molecule has 2 nitrogen and oxygen atoms in total. The van der Waals surface area contributed by atoms with Crippen LogP contribution in [0.15, 0.2) is 0 Å². The highest BCUT2D eigenvalue weighted by molar-refractivity contribution is 9.09. The van der Waals surface area contributed by atoms with Gasteiger partial charge in [0.05, 0.1) is 6.10 Å². The lowest BCUT2D eigenvalue weighted by Crippen LogP contribution is -2.37. The van der Waals surface area contributed by atoms with E-state index in [1.54, 1.807) is 0 Å². The Labute approximate surface area is 95.8 Å². The summed E-state index contributed by atoms with van der Waals surface area (Å²) in [6.07, 6.45) is 7.91. The lowest BCUT2D eigenvalue weighted by molar-refractivity contribution is 0.115. The van der Waals surface area contributed by atoms with Crippen molar-refractivity contribution < 1.29 is 5.11 Å². The van der Waals surface area contributed by atoms with E-state index in [0.29, 0.717) is 11.4 Å². The molecule has 84 valence electrons. The van der Waals surface area contributed by atoms with Gasteiger partial charge in [0.2, 0.25) is 0 Å². The molecule has 3 heteroatoms. The van der Waals surface area contributed by atoms with Gasteiger partial charge in [0, 0.05) is 17.9 Å². The fraction of sp³-hybridized carbons (Fsp3) is 1.00. The highest BCUT2D eigenvalue weighted by Crippen LogP contribution is 2.21. The number of hydrogen-bond acceptors (Lipinski definition) is 2. The molecule has 14 heavy (non-hydrogen) atoms. The van der Waals surface area contributed by atoms with E-state index in [1.807, 2.05) is 0 Å². The monoisotopic (exact) mass is 263 g/mol. The number of nitrogens with zero attached hydrogens (tertiary/aromatic N) is 1. The van der Waals surface area contributed by atoms with E-state index in [-0.39, 0.29) is 6.10 Å². The lowest BCUT2D eigenvalue weighted by atomic mass is 10.1. The first-order valence-corrected chi connectivity index (χ1v) is 6.80. The second-order valence-corrected chi connectivity index (χ2v) is 5.04. The summed E-state index contributed by atoms with van der Waals surface area (Å²) in [4.78, 5) is 2.33. The molecule has 0 bridgehead atoms. The summed E-state index contributed by atoms with van der Waals surface area (Å²) in [6.45, 7) is 0.802. The summed E-state index contributed by atoms with van der Waals surface area (Å²) in [5, 5.41) is 10.2. The van der Waals surface area contributed by atoms with Crippen molar-refractivity contribution >= 4 is 15.9 Å². The number of rotatable bonds is 4. The summed E-state index contributed by atoms with van der Waals surface area (Å²) in [6, 6.07) is 0.700. The Morgan fingerprint density at radius 1 is 1.29 bits per heavy atom. The zero-order valence-corrected chi connectivity index (χ0v) is 10.7. The van der Waals surface area contributed by atoms with Crippen LogP contribution in [0.3, 0.4) is 0 Å². The second-order valence-electron chi connectivity index (χ2n) is 4.39. The number of likely N-dealkylation sites (N-methyl/N-ethyl adjacent to an activating group) is 1. The molecule has 0 aliphatic heterocycles. The molecule has 0 heterocycles. The molecule has 1 aliphatic carbocycles. The summed E-state index contributed by atoms with van der Waals surface area (Å²) in [5.74, 6) is 0. The van der Waals surface area contributed by atoms with Crippen molar-refractivity contribution in [2.45, 2.75) is 50.7 Å². The Morgan fingerprint density at radius 3 is 2.36 bits per heavy atom. The summed E-state index contributed by atoms with van der Waals surface area (Å²) in [7, 11) is 2.14. The molecule has 0 saturated heterocycles. The maximum Gasteiger partial charge on any atom is 0.0763 e. The molecule has 0 aromatic carbocycles. The van der Waals surface area contributed by atoms with Gasteiger partial charge in [-0.15, -0.1) is 0 Å². The van der Waals surface area contributed by atoms with Crippen LogP contribution < -0.4 is 0 Å². The maximum atomic E-state index is 9.54. The van der Waals surface area contributed by atoms with Crippen molar-refractivity contribution in [1.29, 1.82) is 0 Å². The number of aliphatic hydroxyl groups is 1. The zero-order valence-electron chi connectivity index (χ0n) is 9.08. The Bertz CT molecular complexity index is 146. The third kappa shape index (κ3) is 4.28. The Balaban J connectivity index is 2.30. The first-order chi connectivity index (χ1) is 6.74. The van der Waals surface area contributed by atoms with Gasteiger partial charge in [0.25, 0.3) is 0 Å². The largest absolute Gasteiger partial charge is 0.391 e. The summed E-state index contributed by atoms with van der Waals surface area (Å²) >= 11 is 3.31. The van der Waals surface area contributed by atoms with Gasteiger partial charge < -0.3 is 10.0 Å². The molecule has 0 aromatic heterocycles. The van der Waals surface area contributed by atoms with Crippen LogP contribution in [0.2, 0.25) is 0 Å². The van der Waals surface area contributed by atoms with Gasteiger partial charge in [-0.25, -0.2) is 0 Å². The Morgan fingerprint density at radius 2 is 1.86 bits per heavy atom. The molecule has 0 radical (unpaired) electrons. The molecule has 1 N–H and O–H groups in total. The first-order valence-electron chi connectivity index (χ1n) is 5.68.